The smallest absolute Gasteiger partial charge is 0.416 e. The molecule has 0 radical (unpaired) electrons. The van der Waals surface area contributed by atoms with Gasteiger partial charge in [-0.05, 0) is 43.7 Å². The van der Waals surface area contributed by atoms with E-state index in [4.69, 9.17) is 16.3 Å². The largest absolute Gasteiger partial charge is 0.494 e. The molecule has 0 spiro atoms. The molecule has 0 unspecified atom stereocenters. The summed E-state index contributed by atoms with van der Waals surface area (Å²) in [5.41, 5.74) is 8.83. The van der Waals surface area contributed by atoms with Crippen LogP contribution in [0.15, 0.2) is 42.7 Å². The number of nitrogens with one attached hydrogen (secondary N) is 2. The molecule has 6 N–H and O–H groups in total. The van der Waals surface area contributed by atoms with Crippen molar-refractivity contribution in [3.8, 4) is 5.75 Å². The van der Waals surface area contributed by atoms with Crippen molar-refractivity contribution in [2.24, 2.45) is 18.6 Å². The van der Waals surface area contributed by atoms with Crippen molar-refractivity contribution in [2.45, 2.75) is 46.5 Å². The van der Waals surface area contributed by atoms with Gasteiger partial charge in [-0.25, -0.2) is 5.84 Å². The Morgan fingerprint density at radius 3 is 2.49 bits per heavy atom. The highest BCUT2D eigenvalue weighted by atomic mass is 19.4. The maximum Gasteiger partial charge on any atom is 0.416 e. The molecule has 9 nitrogen and oxygen atoms in total. The highest BCUT2D eigenvalue weighted by Gasteiger charge is 2.33. The molecule has 1 aromatic heterocycles. The van der Waals surface area contributed by atoms with Crippen molar-refractivity contribution >= 4 is 23.0 Å². The highest BCUT2D eigenvalue weighted by molar-refractivity contribution is 6.06. The first-order chi connectivity index (χ1) is 18.2. The van der Waals surface area contributed by atoms with Gasteiger partial charge in [-0.3, -0.25) is 14.5 Å². The van der Waals surface area contributed by atoms with Crippen LogP contribution in [0.2, 0.25) is 0 Å². The number of hydrazine groups is 1. The van der Waals surface area contributed by atoms with Crippen molar-refractivity contribution in [3.63, 3.8) is 0 Å². The van der Waals surface area contributed by atoms with Crippen molar-refractivity contribution in [3.05, 3.63) is 76.2 Å². The summed E-state index contributed by atoms with van der Waals surface area (Å²) >= 11 is 0. The zero-order chi connectivity index (χ0) is 29.1. The fraction of sp³-hybridized carbons (Fsp3) is 0.333. The molecule has 1 amide bonds. The highest BCUT2D eigenvalue weighted by Crippen LogP contribution is 2.38. The maximum atomic E-state index is 13.7. The molecule has 0 aliphatic carbocycles. The zero-order valence-corrected chi connectivity index (χ0v) is 22.8. The minimum absolute atomic E-state index is 0.0256. The second kappa shape index (κ2) is 11.8. The Kier molecular flexibility index (Phi) is 8.92. The second-order valence-corrected chi connectivity index (χ2v) is 9.46. The number of aryl methyl sites for hydroxylation is 2. The molecule has 0 atom stereocenters. The predicted molar refractivity (Wildman–Crippen MR) is 146 cm³/mol. The average Bonchev–Trinajstić information content (AvgIpc) is 3.19. The number of methoxy groups -OCH3 is 1. The number of nitrogens with two attached hydrogens (primary N) is 2. The number of rotatable bonds is 9. The maximum absolute atomic E-state index is 13.7. The summed E-state index contributed by atoms with van der Waals surface area (Å²) in [6.45, 7) is 7.54. The van der Waals surface area contributed by atoms with Crippen LogP contribution in [0.4, 0.5) is 24.5 Å². The summed E-state index contributed by atoms with van der Waals surface area (Å²) in [6.07, 6.45) is -1.48. The number of carbonyl (C=O) groups excluding carboxylic acids is 1. The fourth-order valence-corrected chi connectivity index (χ4v) is 3.93. The molecular weight excluding hydrogens is 511 g/mol. The Hall–Kier alpha value is -4.03. The molecule has 0 saturated heterocycles. The molecule has 0 saturated carbocycles. The van der Waals surface area contributed by atoms with Crippen LogP contribution in [0.3, 0.4) is 0 Å². The number of ether oxygens (including phenoxy) is 1. The monoisotopic (exact) mass is 545 g/mol. The van der Waals surface area contributed by atoms with E-state index in [0.29, 0.717) is 16.9 Å². The Bertz CT molecular complexity index is 1380. The van der Waals surface area contributed by atoms with Crippen LogP contribution in [-0.2, 0) is 19.8 Å². The number of nitrogens with zero attached hydrogens (tertiary/aromatic N) is 3. The second-order valence-electron chi connectivity index (χ2n) is 9.46. The van der Waals surface area contributed by atoms with Gasteiger partial charge >= 0.3 is 6.18 Å². The Morgan fingerprint density at radius 1 is 1.23 bits per heavy atom. The van der Waals surface area contributed by atoms with Crippen LogP contribution in [-0.4, -0.2) is 28.8 Å². The minimum Gasteiger partial charge on any atom is -0.494 e. The van der Waals surface area contributed by atoms with Gasteiger partial charge in [0.15, 0.2) is 0 Å². The van der Waals surface area contributed by atoms with Crippen LogP contribution in [0, 0.1) is 13.8 Å². The molecule has 12 heteroatoms. The van der Waals surface area contributed by atoms with Crippen molar-refractivity contribution in [2.75, 3.05) is 17.4 Å². The first-order valence-electron chi connectivity index (χ1n) is 12.2. The number of alkyl halides is 3. The molecule has 0 aliphatic heterocycles. The predicted octanol–water partition coefficient (Wildman–Crippen LogP) is 4.45. The first kappa shape index (κ1) is 29.5. The number of hydrogen-bond acceptors (Lipinski definition) is 7. The third-order valence-corrected chi connectivity index (χ3v) is 6.22. The number of hydrogen-bond donors (Lipinski definition) is 4. The standard InChI is InChI=1S/C27H34F3N7O2/c1-15(2)33-12-19-9-20(27(28,29)30)11-23(25(19)39-6)35-26(38)18-8-7-16(3)24(10-18)37(32)14-22(31)21-13-34-36(5)17(21)4/h7-11,13-15,33H,12,31-32H2,1-6H3,(H,35,38)/b22-14-. The first-order valence-corrected chi connectivity index (χ1v) is 12.2. The van der Waals surface area contributed by atoms with Gasteiger partial charge in [0.25, 0.3) is 5.91 Å². The van der Waals surface area contributed by atoms with Crippen LogP contribution in [0.25, 0.3) is 5.70 Å². The van der Waals surface area contributed by atoms with E-state index in [1.54, 1.807) is 37.0 Å². The molecule has 1 heterocycles. The van der Waals surface area contributed by atoms with E-state index in [0.717, 1.165) is 23.4 Å². The molecular formula is C27H34F3N7O2. The van der Waals surface area contributed by atoms with Crippen molar-refractivity contribution in [1.29, 1.82) is 0 Å². The summed E-state index contributed by atoms with van der Waals surface area (Å²) in [7, 11) is 3.13. The van der Waals surface area contributed by atoms with Crippen molar-refractivity contribution in [1.82, 2.24) is 15.1 Å². The molecule has 0 fully saturated rings. The molecule has 210 valence electrons. The lowest BCUT2D eigenvalue weighted by Crippen LogP contribution is -2.27. The molecule has 3 aromatic rings. The molecule has 0 bridgehead atoms. The Morgan fingerprint density at radius 2 is 1.92 bits per heavy atom. The van der Waals surface area contributed by atoms with Crippen LogP contribution < -0.4 is 32.0 Å². The molecule has 2 aromatic carbocycles. The summed E-state index contributed by atoms with van der Waals surface area (Å²) in [5.74, 6) is 5.77. The quantitative estimate of drug-likeness (QED) is 0.231. The van der Waals surface area contributed by atoms with Gasteiger partial charge in [0.1, 0.15) is 5.75 Å². The van der Waals surface area contributed by atoms with Crippen LogP contribution in [0.5, 0.6) is 5.75 Å². The number of amides is 1. The number of halogens is 3. The third kappa shape index (κ3) is 6.89. The SMILES string of the molecule is COc1c(CNC(C)C)cc(C(F)(F)F)cc1NC(=O)c1ccc(C)c(N(N)/C=C(\N)c2cnn(C)c2C)c1. The normalized spacial score (nSPS) is 12.1. The van der Waals surface area contributed by atoms with E-state index in [1.807, 2.05) is 20.8 Å². The summed E-state index contributed by atoms with van der Waals surface area (Å²) in [4.78, 5) is 13.2. The average molecular weight is 546 g/mol. The number of benzene rings is 2. The fourth-order valence-electron chi connectivity index (χ4n) is 3.93. The van der Waals surface area contributed by atoms with Gasteiger partial charge in [-0.15, -0.1) is 0 Å². The molecule has 3 rings (SSSR count). The summed E-state index contributed by atoms with van der Waals surface area (Å²) < 4.78 is 48.1. The lowest BCUT2D eigenvalue weighted by molar-refractivity contribution is -0.137. The molecule has 0 aliphatic rings. The summed E-state index contributed by atoms with van der Waals surface area (Å²) in [5, 5.41) is 11.1. The number of anilines is 2. The van der Waals surface area contributed by atoms with Gasteiger partial charge < -0.3 is 21.1 Å². The van der Waals surface area contributed by atoms with Crippen LogP contribution >= 0.6 is 0 Å². The zero-order valence-electron chi connectivity index (χ0n) is 22.8. The third-order valence-electron chi connectivity index (χ3n) is 6.22. The topological polar surface area (TPSA) is 123 Å². The lowest BCUT2D eigenvalue weighted by Gasteiger charge is -2.20. The van der Waals surface area contributed by atoms with Gasteiger partial charge in [0.05, 0.1) is 35.9 Å². The Labute approximate surface area is 225 Å². The van der Waals surface area contributed by atoms with Gasteiger partial charge in [-0.2, -0.15) is 18.3 Å². The van der Waals surface area contributed by atoms with Gasteiger partial charge in [0, 0.05) is 48.2 Å². The van der Waals surface area contributed by atoms with E-state index in [2.05, 4.69) is 15.7 Å². The van der Waals surface area contributed by atoms with E-state index in [1.165, 1.54) is 24.4 Å². The van der Waals surface area contributed by atoms with E-state index in [9.17, 15) is 18.0 Å². The van der Waals surface area contributed by atoms with E-state index < -0.39 is 17.6 Å². The number of carbonyl (C=O) groups is 1. The van der Waals surface area contributed by atoms with Gasteiger partial charge in [-0.1, -0.05) is 19.9 Å². The number of aromatic nitrogens is 2. The van der Waals surface area contributed by atoms with Crippen molar-refractivity contribution < 1.29 is 22.7 Å². The van der Waals surface area contributed by atoms with E-state index >= 15 is 0 Å². The van der Waals surface area contributed by atoms with Gasteiger partial charge in [0.2, 0.25) is 0 Å². The lowest BCUT2D eigenvalue weighted by atomic mass is 10.1. The molecule has 39 heavy (non-hydrogen) atoms. The van der Waals surface area contributed by atoms with E-state index in [-0.39, 0.29) is 35.2 Å². The van der Waals surface area contributed by atoms with Crippen LogP contribution in [0.1, 0.15) is 52.2 Å². The summed E-state index contributed by atoms with van der Waals surface area (Å²) in [6, 6.07) is 6.68. The minimum atomic E-state index is -4.62. The Balaban J connectivity index is 1.95.